The van der Waals surface area contributed by atoms with Crippen molar-refractivity contribution in [1.29, 1.82) is 0 Å². The van der Waals surface area contributed by atoms with Crippen LogP contribution in [-0.4, -0.2) is 28.5 Å². The van der Waals surface area contributed by atoms with Crippen LogP contribution in [0, 0.1) is 13.8 Å². The predicted molar refractivity (Wildman–Crippen MR) is 120 cm³/mol. The van der Waals surface area contributed by atoms with Crippen molar-refractivity contribution in [3.63, 3.8) is 0 Å². The van der Waals surface area contributed by atoms with Crippen molar-refractivity contribution in [3.8, 4) is 5.75 Å². The first-order valence-electron chi connectivity index (χ1n) is 9.68. The molecule has 0 spiro atoms. The summed E-state index contributed by atoms with van der Waals surface area (Å²) < 4.78 is 37.6. The molecular weight excluding hydrogens is 414 g/mol. The molecule has 0 aliphatic carbocycles. The number of carbonyl (C=O) groups excluding carboxylic acids is 1. The van der Waals surface area contributed by atoms with Crippen LogP contribution in [0.2, 0.25) is 0 Å². The van der Waals surface area contributed by atoms with Crippen molar-refractivity contribution in [2.24, 2.45) is 0 Å². The van der Waals surface area contributed by atoms with E-state index in [1.807, 2.05) is 19.9 Å². The SMILES string of the molecule is COCc1cccc(C(=O)Oc2ccc(N(C)S(=O)(=O)c3ccc(C)c(C)c3)cc2)c1. The van der Waals surface area contributed by atoms with Gasteiger partial charge in [0.05, 0.1) is 22.8 Å². The molecule has 31 heavy (non-hydrogen) atoms. The van der Waals surface area contributed by atoms with E-state index >= 15 is 0 Å². The predicted octanol–water partition coefficient (Wildman–Crippen LogP) is 4.49. The first-order chi connectivity index (χ1) is 14.7. The number of methoxy groups -OCH3 is 1. The van der Waals surface area contributed by atoms with Gasteiger partial charge >= 0.3 is 5.97 Å². The Morgan fingerprint density at radius 1 is 0.935 bits per heavy atom. The van der Waals surface area contributed by atoms with Gasteiger partial charge in [0.25, 0.3) is 10.0 Å². The molecule has 0 aromatic heterocycles. The third-order valence-electron chi connectivity index (χ3n) is 5.02. The van der Waals surface area contributed by atoms with E-state index in [9.17, 15) is 13.2 Å². The maximum Gasteiger partial charge on any atom is 0.343 e. The van der Waals surface area contributed by atoms with Crippen LogP contribution < -0.4 is 9.04 Å². The summed E-state index contributed by atoms with van der Waals surface area (Å²) in [6.45, 7) is 4.21. The van der Waals surface area contributed by atoms with E-state index in [-0.39, 0.29) is 4.90 Å². The number of ether oxygens (including phenoxy) is 2. The quantitative estimate of drug-likeness (QED) is 0.401. The summed E-state index contributed by atoms with van der Waals surface area (Å²) >= 11 is 0. The lowest BCUT2D eigenvalue weighted by Crippen LogP contribution is -2.26. The van der Waals surface area contributed by atoms with E-state index < -0.39 is 16.0 Å². The van der Waals surface area contributed by atoms with Gasteiger partial charge in [0.1, 0.15) is 5.75 Å². The van der Waals surface area contributed by atoms with Crippen LogP contribution in [0.3, 0.4) is 0 Å². The zero-order valence-electron chi connectivity index (χ0n) is 18.0. The third kappa shape index (κ3) is 5.13. The number of hydrogen-bond acceptors (Lipinski definition) is 5. The molecule has 0 unspecified atom stereocenters. The molecule has 3 aromatic carbocycles. The number of nitrogens with zero attached hydrogens (tertiary/aromatic N) is 1. The molecule has 3 rings (SSSR count). The van der Waals surface area contributed by atoms with Crippen molar-refractivity contribution in [3.05, 3.63) is 89.0 Å². The highest BCUT2D eigenvalue weighted by Crippen LogP contribution is 2.26. The average Bonchev–Trinajstić information content (AvgIpc) is 2.76. The first-order valence-corrected chi connectivity index (χ1v) is 11.1. The Kier molecular flexibility index (Phi) is 6.77. The van der Waals surface area contributed by atoms with Gasteiger partial charge in [0.15, 0.2) is 0 Å². The molecule has 0 heterocycles. The normalized spacial score (nSPS) is 11.2. The summed E-state index contributed by atoms with van der Waals surface area (Å²) in [5.41, 5.74) is 3.67. The van der Waals surface area contributed by atoms with Gasteiger partial charge in [0.2, 0.25) is 0 Å². The van der Waals surface area contributed by atoms with E-state index in [1.54, 1.807) is 67.8 Å². The molecule has 0 radical (unpaired) electrons. The number of benzene rings is 3. The Balaban J connectivity index is 1.75. The summed E-state index contributed by atoms with van der Waals surface area (Å²) in [7, 11) is -0.627. The van der Waals surface area contributed by atoms with Crippen LogP contribution in [-0.2, 0) is 21.4 Å². The average molecular weight is 440 g/mol. The minimum atomic E-state index is -3.71. The van der Waals surface area contributed by atoms with Gasteiger partial charge < -0.3 is 9.47 Å². The number of hydrogen-bond donors (Lipinski definition) is 0. The van der Waals surface area contributed by atoms with Gasteiger partial charge in [-0.05, 0) is 79.1 Å². The number of sulfonamides is 1. The number of carbonyl (C=O) groups is 1. The Labute approximate surface area is 183 Å². The van der Waals surface area contributed by atoms with Gasteiger partial charge in [-0.15, -0.1) is 0 Å². The lowest BCUT2D eigenvalue weighted by molar-refractivity contribution is 0.0734. The second-order valence-electron chi connectivity index (χ2n) is 7.24. The molecule has 7 heteroatoms. The lowest BCUT2D eigenvalue weighted by atomic mass is 10.1. The molecule has 6 nitrogen and oxygen atoms in total. The fraction of sp³-hybridized carbons (Fsp3) is 0.208. The molecule has 0 fully saturated rings. The van der Waals surface area contributed by atoms with E-state index in [2.05, 4.69) is 0 Å². The van der Waals surface area contributed by atoms with Crippen molar-refractivity contribution in [1.82, 2.24) is 0 Å². The van der Waals surface area contributed by atoms with Gasteiger partial charge in [-0.1, -0.05) is 18.2 Å². The first kappa shape index (κ1) is 22.5. The zero-order chi connectivity index (χ0) is 22.6. The number of aryl methyl sites for hydroxylation is 2. The summed E-state index contributed by atoms with van der Waals surface area (Å²) in [6, 6.07) is 18.4. The molecule has 0 saturated heterocycles. The second kappa shape index (κ2) is 9.32. The number of anilines is 1. The molecule has 0 aliphatic rings. The molecule has 0 atom stereocenters. The smallest absolute Gasteiger partial charge is 0.343 e. The van der Waals surface area contributed by atoms with Gasteiger partial charge in [-0.2, -0.15) is 0 Å². The largest absolute Gasteiger partial charge is 0.423 e. The van der Waals surface area contributed by atoms with Crippen LogP contribution in [0.5, 0.6) is 5.75 Å². The summed E-state index contributed by atoms with van der Waals surface area (Å²) in [6.07, 6.45) is 0. The fourth-order valence-electron chi connectivity index (χ4n) is 3.02. The highest BCUT2D eigenvalue weighted by Gasteiger charge is 2.22. The minimum Gasteiger partial charge on any atom is -0.423 e. The maximum absolute atomic E-state index is 13.0. The third-order valence-corrected chi connectivity index (χ3v) is 6.80. The topological polar surface area (TPSA) is 72.9 Å². The monoisotopic (exact) mass is 439 g/mol. The Bertz CT molecular complexity index is 1190. The lowest BCUT2D eigenvalue weighted by Gasteiger charge is -2.20. The Hall–Kier alpha value is -3.16. The minimum absolute atomic E-state index is 0.226. The second-order valence-corrected chi connectivity index (χ2v) is 9.20. The van der Waals surface area contributed by atoms with Crippen molar-refractivity contribution >= 4 is 21.7 Å². The van der Waals surface area contributed by atoms with Gasteiger partial charge in [-0.25, -0.2) is 13.2 Å². The van der Waals surface area contributed by atoms with Crippen LogP contribution in [0.25, 0.3) is 0 Å². The van der Waals surface area contributed by atoms with Crippen LogP contribution >= 0.6 is 0 Å². The molecule has 0 bridgehead atoms. The van der Waals surface area contributed by atoms with Gasteiger partial charge in [0, 0.05) is 14.2 Å². The fourth-order valence-corrected chi connectivity index (χ4v) is 4.30. The highest BCUT2D eigenvalue weighted by atomic mass is 32.2. The van der Waals surface area contributed by atoms with Crippen LogP contribution in [0.15, 0.2) is 71.6 Å². The van der Waals surface area contributed by atoms with Crippen molar-refractivity contribution in [2.75, 3.05) is 18.5 Å². The summed E-state index contributed by atoms with van der Waals surface area (Å²) in [5, 5.41) is 0. The molecule has 0 saturated carbocycles. The Morgan fingerprint density at radius 2 is 1.65 bits per heavy atom. The highest BCUT2D eigenvalue weighted by molar-refractivity contribution is 7.92. The van der Waals surface area contributed by atoms with Crippen molar-refractivity contribution < 1.29 is 22.7 Å². The standard InChI is InChI=1S/C24H25NO5S/c1-17-8-13-23(14-18(17)2)31(27,28)25(3)21-9-11-22(12-10-21)30-24(26)20-7-5-6-19(15-20)16-29-4/h5-15H,16H2,1-4H3. The van der Waals surface area contributed by atoms with Crippen LogP contribution in [0.1, 0.15) is 27.0 Å². The summed E-state index contributed by atoms with van der Waals surface area (Å²) in [5.74, 6) is -0.176. The van der Waals surface area contributed by atoms with Crippen molar-refractivity contribution in [2.45, 2.75) is 25.3 Å². The summed E-state index contributed by atoms with van der Waals surface area (Å²) in [4.78, 5) is 12.7. The van der Waals surface area contributed by atoms with E-state index in [0.717, 1.165) is 16.7 Å². The van der Waals surface area contributed by atoms with Crippen LogP contribution in [0.4, 0.5) is 5.69 Å². The molecule has 0 aliphatic heterocycles. The molecule has 162 valence electrons. The van der Waals surface area contributed by atoms with E-state index in [0.29, 0.717) is 23.6 Å². The van der Waals surface area contributed by atoms with E-state index in [4.69, 9.17) is 9.47 Å². The molecule has 3 aromatic rings. The molecule has 0 N–H and O–H groups in total. The van der Waals surface area contributed by atoms with E-state index in [1.165, 1.54) is 11.4 Å². The van der Waals surface area contributed by atoms with Gasteiger partial charge in [-0.3, -0.25) is 4.31 Å². The Morgan fingerprint density at radius 3 is 2.29 bits per heavy atom. The molecular formula is C24H25NO5S. The molecule has 0 amide bonds. The maximum atomic E-state index is 13.0. The number of rotatable bonds is 7. The number of esters is 1. The zero-order valence-corrected chi connectivity index (χ0v) is 18.8.